The van der Waals surface area contributed by atoms with Crippen molar-refractivity contribution in [2.24, 2.45) is 0 Å². The number of phenols is 1. The van der Waals surface area contributed by atoms with Gasteiger partial charge in [-0.05, 0) is 35.7 Å². The topological polar surface area (TPSA) is 129 Å². The minimum atomic E-state index is -2.78. The van der Waals surface area contributed by atoms with Crippen LogP contribution >= 0.6 is 8.25 Å². The summed E-state index contributed by atoms with van der Waals surface area (Å²) in [6.07, 6.45) is -1.04. The number of aromatic amines is 1. The molecule has 1 aliphatic rings. The van der Waals surface area contributed by atoms with Gasteiger partial charge in [0, 0.05) is 22.7 Å². The molecule has 1 aliphatic heterocycles. The number of benzene rings is 4. The smallest absolute Gasteiger partial charge is 0.504 e. The fourth-order valence-corrected chi connectivity index (χ4v) is 6.46. The first-order valence-electron chi connectivity index (χ1n) is 14.7. The molecule has 46 heavy (non-hydrogen) atoms. The van der Waals surface area contributed by atoms with E-state index < -0.39 is 43.5 Å². The van der Waals surface area contributed by atoms with Gasteiger partial charge in [0.05, 0.1) is 6.61 Å². The average molecular weight is 640 g/mol. The van der Waals surface area contributed by atoms with Crippen molar-refractivity contribution in [2.75, 3.05) is 6.61 Å². The van der Waals surface area contributed by atoms with E-state index in [1.165, 1.54) is 22.9 Å². The molecule has 1 unspecified atom stereocenters. The zero-order valence-electron chi connectivity index (χ0n) is 24.9. The molecule has 0 aliphatic carbocycles. The maximum Gasteiger partial charge on any atom is 0.750 e. The van der Waals surface area contributed by atoms with Crippen LogP contribution in [0.3, 0.4) is 0 Å². The predicted octanol–water partition coefficient (Wildman–Crippen LogP) is 5.97. The Balaban J connectivity index is 1.36. The second-order valence-corrected chi connectivity index (χ2v) is 11.7. The molecule has 4 aromatic carbocycles. The Morgan fingerprint density at radius 3 is 1.98 bits per heavy atom. The molecule has 0 amide bonds. The summed E-state index contributed by atoms with van der Waals surface area (Å²) < 4.78 is 39.1. The van der Waals surface area contributed by atoms with E-state index in [0.29, 0.717) is 5.56 Å². The Bertz CT molecular complexity index is 1820. The number of H-pyrrole nitrogens is 1. The van der Waals surface area contributed by atoms with Crippen molar-refractivity contribution in [3.8, 4) is 11.5 Å². The van der Waals surface area contributed by atoms with E-state index in [-0.39, 0.29) is 24.5 Å². The molecule has 234 valence electrons. The standard InChI is InChI=1S/C35H31N2O8P/c1-24-22-37(34(40)36-33(24)39)32-21-30(45-46(41)44-29-20-12-11-19-28(29)38)31(43-32)23-42-35(25-13-5-2-6-14-25,26-15-7-3-8-16-26)27-17-9-4-10-18-27/h2-20,22,30-32H,21,23H2,1H3,(H-,36,38,39,40)/p+1/t30-,31+,32+/m0/s1. The van der Waals surface area contributed by atoms with Gasteiger partial charge in [-0.1, -0.05) is 103 Å². The third kappa shape index (κ3) is 6.42. The van der Waals surface area contributed by atoms with Gasteiger partial charge in [0.2, 0.25) is 5.75 Å². The molecule has 2 heterocycles. The number of phenolic OH excluding ortho intramolecular Hbond substituents is 1. The van der Waals surface area contributed by atoms with E-state index in [1.807, 2.05) is 91.0 Å². The molecule has 1 fully saturated rings. The second kappa shape index (κ2) is 13.6. The van der Waals surface area contributed by atoms with E-state index in [4.69, 9.17) is 18.5 Å². The van der Waals surface area contributed by atoms with Gasteiger partial charge in [-0.2, -0.15) is 0 Å². The molecule has 10 nitrogen and oxygen atoms in total. The van der Waals surface area contributed by atoms with Gasteiger partial charge < -0.3 is 14.6 Å². The van der Waals surface area contributed by atoms with Crippen LogP contribution in [0, 0.1) is 6.92 Å². The quantitative estimate of drug-likeness (QED) is 0.134. The van der Waals surface area contributed by atoms with Crippen LogP contribution in [0.15, 0.2) is 131 Å². The normalized spacial score (nSPS) is 18.3. The van der Waals surface area contributed by atoms with E-state index in [1.54, 1.807) is 19.1 Å². The minimum absolute atomic E-state index is 0.00407. The highest BCUT2D eigenvalue weighted by Crippen LogP contribution is 2.43. The van der Waals surface area contributed by atoms with Gasteiger partial charge in [-0.3, -0.25) is 14.3 Å². The van der Waals surface area contributed by atoms with Gasteiger partial charge in [0.25, 0.3) is 5.56 Å². The van der Waals surface area contributed by atoms with Crippen LogP contribution in [0.1, 0.15) is 34.9 Å². The summed E-state index contributed by atoms with van der Waals surface area (Å²) in [5.74, 6) is -0.195. The van der Waals surface area contributed by atoms with Gasteiger partial charge >= 0.3 is 13.9 Å². The maximum absolute atomic E-state index is 13.1. The largest absolute Gasteiger partial charge is 0.750 e. The first kappa shape index (κ1) is 31.1. The molecule has 4 atom stereocenters. The zero-order chi connectivity index (χ0) is 32.1. The lowest BCUT2D eigenvalue weighted by atomic mass is 9.80. The number of ether oxygens (including phenoxy) is 2. The number of aryl methyl sites for hydroxylation is 1. The van der Waals surface area contributed by atoms with Crippen molar-refractivity contribution in [3.63, 3.8) is 0 Å². The average Bonchev–Trinajstić information content (AvgIpc) is 3.47. The molecule has 0 spiro atoms. The number of aromatic hydroxyl groups is 1. The Morgan fingerprint density at radius 2 is 1.41 bits per heavy atom. The Kier molecular flexibility index (Phi) is 9.23. The summed E-state index contributed by atoms with van der Waals surface area (Å²) in [5, 5.41) is 10.1. The van der Waals surface area contributed by atoms with Crippen molar-refractivity contribution >= 4 is 8.25 Å². The molecule has 0 bridgehead atoms. The summed E-state index contributed by atoms with van der Waals surface area (Å²) in [7, 11) is -2.78. The van der Waals surface area contributed by atoms with E-state index in [9.17, 15) is 19.3 Å². The lowest BCUT2D eigenvalue weighted by Crippen LogP contribution is -2.38. The van der Waals surface area contributed by atoms with Gasteiger partial charge in [-0.25, -0.2) is 9.32 Å². The van der Waals surface area contributed by atoms with E-state index in [0.717, 1.165) is 16.7 Å². The molecule has 2 N–H and O–H groups in total. The summed E-state index contributed by atoms with van der Waals surface area (Å²) in [5.41, 5.74) is 0.732. The van der Waals surface area contributed by atoms with Crippen LogP contribution in [-0.4, -0.2) is 33.5 Å². The van der Waals surface area contributed by atoms with Gasteiger partial charge in [-0.15, -0.1) is 4.52 Å². The van der Waals surface area contributed by atoms with Crippen LogP contribution in [-0.2, 0) is 24.2 Å². The molecule has 11 heteroatoms. The third-order valence-corrected chi connectivity index (χ3v) is 8.69. The molecule has 1 aromatic heterocycles. The summed E-state index contributed by atoms with van der Waals surface area (Å²) in [6.45, 7) is 1.54. The fraction of sp³-hybridized carbons (Fsp3) is 0.200. The first-order valence-corrected chi connectivity index (χ1v) is 15.8. The van der Waals surface area contributed by atoms with E-state index in [2.05, 4.69) is 4.98 Å². The monoisotopic (exact) mass is 639 g/mol. The highest BCUT2D eigenvalue weighted by molar-refractivity contribution is 7.33. The first-order chi connectivity index (χ1) is 22.3. The Labute approximate surface area is 265 Å². The molecule has 5 aromatic rings. The Morgan fingerprint density at radius 1 is 0.870 bits per heavy atom. The highest BCUT2D eigenvalue weighted by Gasteiger charge is 2.47. The van der Waals surface area contributed by atoms with Crippen molar-refractivity contribution in [1.29, 1.82) is 0 Å². The number of aromatic nitrogens is 2. The molecule has 0 radical (unpaired) electrons. The molecular formula is C35H32N2O8P+. The Hall–Kier alpha value is -4.86. The summed E-state index contributed by atoms with van der Waals surface area (Å²) in [4.78, 5) is 27.2. The van der Waals surface area contributed by atoms with Crippen LogP contribution in [0.2, 0.25) is 0 Å². The number of rotatable bonds is 11. The van der Waals surface area contributed by atoms with Crippen LogP contribution in [0.25, 0.3) is 0 Å². The minimum Gasteiger partial charge on any atom is -0.504 e. The lowest BCUT2D eigenvalue weighted by Gasteiger charge is -2.37. The van der Waals surface area contributed by atoms with Crippen LogP contribution < -0.4 is 15.8 Å². The lowest BCUT2D eigenvalue weighted by molar-refractivity contribution is -0.0916. The SMILES string of the molecule is Cc1cn([C@H]2C[C@H](O[P+](=O)Oc3ccccc3O)[C@@H](COC(c3ccccc3)(c3ccccc3)c3ccccc3)O2)c(=O)[nH]c1=O. The summed E-state index contributed by atoms with van der Waals surface area (Å²) in [6, 6.07) is 35.5. The van der Waals surface area contributed by atoms with Gasteiger partial charge in [0.15, 0.2) is 5.75 Å². The molecular weight excluding hydrogens is 607 g/mol. The highest BCUT2D eigenvalue weighted by atomic mass is 31.1. The van der Waals surface area contributed by atoms with Crippen molar-refractivity contribution < 1.29 is 28.2 Å². The molecule has 0 saturated carbocycles. The van der Waals surface area contributed by atoms with Crippen LogP contribution in [0.4, 0.5) is 0 Å². The molecule has 6 rings (SSSR count). The molecule has 1 saturated heterocycles. The summed E-state index contributed by atoms with van der Waals surface area (Å²) >= 11 is 0. The van der Waals surface area contributed by atoms with E-state index >= 15 is 0 Å². The van der Waals surface area contributed by atoms with Crippen molar-refractivity contribution in [2.45, 2.75) is 37.4 Å². The predicted molar refractivity (Wildman–Crippen MR) is 171 cm³/mol. The van der Waals surface area contributed by atoms with Crippen molar-refractivity contribution in [1.82, 2.24) is 9.55 Å². The second-order valence-electron chi connectivity index (χ2n) is 10.9. The zero-order valence-corrected chi connectivity index (χ0v) is 25.8. The number of hydrogen-bond donors (Lipinski definition) is 2. The number of nitrogens with zero attached hydrogens (tertiary/aromatic N) is 1. The van der Waals surface area contributed by atoms with Crippen molar-refractivity contribution in [3.05, 3.63) is 165 Å². The number of nitrogens with one attached hydrogen (secondary N) is 1. The number of hydrogen-bond acceptors (Lipinski definition) is 8. The fourth-order valence-electron chi connectivity index (χ4n) is 5.65. The van der Waals surface area contributed by atoms with Crippen LogP contribution in [0.5, 0.6) is 11.5 Å². The maximum atomic E-state index is 13.1. The van der Waals surface area contributed by atoms with Gasteiger partial charge in [0.1, 0.15) is 24.0 Å². The number of para-hydroxylation sites is 2. The third-order valence-electron chi connectivity index (χ3n) is 7.90.